The largest absolute Gasteiger partial charge is 0.449 e. The Morgan fingerprint density at radius 2 is 1.65 bits per heavy atom. The monoisotopic (exact) mass is 278 g/mol. The summed E-state index contributed by atoms with van der Waals surface area (Å²) in [6.07, 6.45) is 6.09. The van der Waals surface area contributed by atoms with Crippen molar-refractivity contribution in [2.75, 3.05) is 0 Å². The van der Waals surface area contributed by atoms with E-state index in [9.17, 15) is 9.59 Å². The van der Waals surface area contributed by atoms with Gasteiger partial charge >= 0.3 is 5.97 Å². The zero-order chi connectivity index (χ0) is 14.1. The van der Waals surface area contributed by atoms with Gasteiger partial charge in [-0.25, -0.2) is 0 Å². The molecule has 0 aromatic heterocycles. The molecule has 2 atom stereocenters. The van der Waals surface area contributed by atoms with Crippen molar-refractivity contribution in [2.45, 2.75) is 56.6 Å². The molecule has 5 heteroatoms. The average molecular weight is 278 g/mol. The Bertz CT molecular complexity index is 470. The fourth-order valence-corrected chi connectivity index (χ4v) is 5.11. The van der Waals surface area contributed by atoms with Crippen LogP contribution in [0.2, 0.25) is 0 Å². The highest BCUT2D eigenvalue weighted by Crippen LogP contribution is 2.60. The lowest BCUT2D eigenvalue weighted by atomic mass is 9.48. The van der Waals surface area contributed by atoms with Crippen molar-refractivity contribution in [3.8, 4) is 0 Å². The quantitative estimate of drug-likeness (QED) is 0.743. The Hall–Kier alpha value is -1.10. The van der Waals surface area contributed by atoms with Crippen LogP contribution in [0.3, 0.4) is 0 Å². The summed E-state index contributed by atoms with van der Waals surface area (Å²) in [7, 11) is 0. The lowest BCUT2D eigenvalue weighted by Gasteiger charge is -2.58. The third kappa shape index (κ3) is 1.59. The molecule has 1 amide bonds. The van der Waals surface area contributed by atoms with Crippen LogP contribution < -0.4 is 11.5 Å². The molecule has 5 aliphatic carbocycles. The third-order valence-corrected chi connectivity index (χ3v) is 6.22. The Morgan fingerprint density at radius 1 is 1.05 bits per heavy atom. The number of carbonyl (C=O) groups excluding carboxylic acids is 2. The number of nitrogens with two attached hydrogens (primary N) is 2. The lowest BCUT2D eigenvalue weighted by Crippen LogP contribution is -2.59. The predicted molar refractivity (Wildman–Crippen MR) is 71.2 cm³/mol. The third-order valence-electron chi connectivity index (χ3n) is 6.22. The molecular weight excluding hydrogens is 256 g/mol. The van der Waals surface area contributed by atoms with Gasteiger partial charge in [-0.05, 0) is 49.9 Å². The molecule has 2 unspecified atom stereocenters. The first-order valence-electron chi connectivity index (χ1n) is 7.73. The molecule has 5 saturated carbocycles. The summed E-state index contributed by atoms with van der Waals surface area (Å²) in [5.74, 6) is 0.853. The molecule has 5 aliphatic rings. The highest BCUT2D eigenvalue weighted by Gasteiger charge is 2.61. The number of rotatable bonds is 3. The molecule has 0 saturated heterocycles. The average Bonchev–Trinajstić information content (AvgIpc) is 3.15. The molecular formula is C15H22N2O3. The van der Waals surface area contributed by atoms with Crippen LogP contribution in [0, 0.1) is 23.2 Å². The zero-order valence-corrected chi connectivity index (χ0v) is 11.6. The molecule has 110 valence electrons. The summed E-state index contributed by atoms with van der Waals surface area (Å²) >= 11 is 0. The fraction of sp³-hybridized carbons (Fsp3) is 0.867. The second-order valence-electron chi connectivity index (χ2n) is 7.58. The summed E-state index contributed by atoms with van der Waals surface area (Å²) in [6, 6.07) is 0.249. The van der Waals surface area contributed by atoms with Gasteiger partial charge in [0.2, 0.25) is 0 Å². The molecule has 0 heterocycles. The standard InChI is InChI=1S/C15H22N2O3/c16-11-9-3-8-4-10(11)7-14(5-8,6-9)13(19)20-15(1-2-15)12(17)18/h8-11H,1-7,16H2,(H2,17,18). The molecule has 5 nitrogen and oxygen atoms in total. The molecule has 0 aromatic rings. The number of amides is 1. The van der Waals surface area contributed by atoms with Crippen LogP contribution in [0.15, 0.2) is 0 Å². The van der Waals surface area contributed by atoms with Crippen LogP contribution in [0.1, 0.15) is 44.9 Å². The van der Waals surface area contributed by atoms with E-state index in [-0.39, 0.29) is 17.4 Å². The molecule has 5 rings (SSSR count). The van der Waals surface area contributed by atoms with Crippen molar-refractivity contribution in [2.24, 2.45) is 34.6 Å². The van der Waals surface area contributed by atoms with Gasteiger partial charge in [0.1, 0.15) is 0 Å². The minimum atomic E-state index is -0.984. The smallest absolute Gasteiger partial charge is 0.313 e. The first kappa shape index (κ1) is 12.6. The van der Waals surface area contributed by atoms with E-state index in [0.29, 0.717) is 30.6 Å². The van der Waals surface area contributed by atoms with E-state index in [4.69, 9.17) is 16.2 Å². The van der Waals surface area contributed by atoms with Crippen molar-refractivity contribution in [1.29, 1.82) is 0 Å². The molecule has 0 radical (unpaired) electrons. The highest BCUT2D eigenvalue weighted by molar-refractivity contribution is 5.90. The Kier molecular flexibility index (Phi) is 2.37. The van der Waals surface area contributed by atoms with Crippen LogP contribution >= 0.6 is 0 Å². The number of esters is 1. The van der Waals surface area contributed by atoms with E-state index in [1.54, 1.807) is 0 Å². The zero-order valence-electron chi connectivity index (χ0n) is 11.6. The van der Waals surface area contributed by atoms with E-state index < -0.39 is 11.5 Å². The predicted octanol–water partition coefficient (Wildman–Crippen LogP) is 0.701. The summed E-state index contributed by atoms with van der Waals surface area (Å²) in [4.78, 5) is 24.1. The van der Waals surface area contributed by atoms with Crippen molar-refractivity contribution in [3.63, 3.8) is 0 Å². The van der Waals surface area contributed by atoms with Gasteiger partial charge in [0.05, 0.1) is 5.41 Å². The van der Waals surface area contributed by atoms with Crippen molar-refractivity contribution < 1.29 is 14.3 Å². The maximum absolute atomic E-state index is 12.7. The summed E-state index contributed by atoms with van der Waals surface area (Å²) in [6.45, 7) is 0. The van der Waals surface area contributed by atoms with Crippen molar-refractivity contribution >= 4 is 11.9 Å². The Morgan fingerprint density at radius 3 is 2.15 bits per heavy atom. The fourth-order valence-electron chi connectivity index (χ4n) is 5.11. The number of carbonyl (C=O) groups is 2. The van der Waals surface area contributed by atoms with E-state index >= 15 is 0 Å². The normalized spacial score (nSPS) is 47.0. The summed E-state index contributed by atoms with van der Waals surface area (Å²) < 4.78 is 5.58. The first-order valence-corrected chi connectivity index (χ1v) is 7.73. The van der Waals surface area contributed by atoms with Crippen LogP contribution in [0.4, 0.5) is 0 Å². The van der Waals surface area contributed by atoms with Crippen LogP contribution in [-0.2, 0) is 14.3 Å². The first-order chi connectivity index (χ1) is 9.44. The van der Waals surface area contributed by atoms with Crippen LogP contribution in [0.25, 0.3) is 0 Å². The lowest BCUT2D eigenvalue weighted by molar-refractivity contribution is -0.182. The molecule has 0 aromatic carbocycles. The Labute approximate surface area is 118 Å². The molecule has 5 fully saturated rings. The van der Waals surface area contributed by atoms with Gasteiger partial charge in [0.25, 0.3) is 5.91 Å². The minimum absolute atomic E-state index is 0.180. The van der Waals surface area contributed by atoms with Gasteiger partial charge in [-0.1, -0.05) is 0 Å². The molecule has 0 spiro atoms. The van der Waals surface area contributed by atoms with E-state index in [0.717, 1.165) is 32.1 Å². The SMILES string of the molecule is NC(=O)C1(OC(=O)C23CC4CC(C2)C(N)C(C4)C3)CC1. The number of primary amides is 1. The molecule has 4 bridgehead atoms. The van der Waals surface area contributed by atoms with Gasteiger partial charge in [0.15, 0.2) is 5.60 Å². The molecule has 20 heavy (non-hydrogen) atoms. The highest BCUT2D eigenvalue weighted by atomic mass is 16.6. The van der Waals surface area contributed by atoms with E-state index in [1.165, 1.54) is 0 Å². The maximum atomic E-state index is 12.7. The molecule has 0 aliphatic heterocycles. The maximum Gasteiger partial charge on any atom is 0.313 e. The van der Waals surface area contributed by atoms with Gasteiger partial charge in [-0.15, -0.1) is 0 Å². The summed E-state index contributed by atoms with van der Waals surface area (Å²) in [5.41, 5.74) is 10.3. The number of hydrogen-bond acceptors (Lipinski definition) is 4. The van der Waals surface area contributed by atoms with Crippen molar-refractivity contribution in [3.05, 3.63) is 0 Å². The van der Waals surface area contributed by atoms with Crippen molar-refractivity contribution in [1.82, 2.24) is 0 Å². The Balaban J connectivity index is 1.56. The topological polar surface area (TPSA) is 95.4 Å². The second kappa shape index (κ2) is 3.75. The number of ether oxygens (including phenoxy) is 1. The van der Waals surface area contributed by atoms with Crippen LogP contribution in [0.5, 0.6) is 0 Å². The van der Waals surface area contributed by atoms with E-state index in [1.807, 2.05) is 0 Å². The van der Waals surface area contributed by atoms with E-state index in [2.05, 4.69) is 0 Å². The van der Waals surface area contributed by atoms with Gasteiger partial charge in [-0.2, -0.15) is 0 Å². The van der Waals surface area contributed by atoms with Gasteiger partial charge in [0, 0.05) is 18.9 Å². The van der Waals surface area contributed by atoms with Crippen LogP contribution in [-0.4, -0.2) is 23.5 Å². The minimum Gasteiger partial charge on any atom is -0.449 e. The van der Waals surface area contributed by atoms with Gasteiger partial charge < -0.3 is 16.2 Å². The molecule has 4 N–H and O–H groups in total. The second-order valence-corrected chi connectivity index (χ2v) is 7.58. The summed E-state index contributed by atoms with van der Waals surface area (Å²) in [5, 5.41) is 0. The number of hydrogen-bond donors (Lipinski definition) is 2. The van der Waals surface area contributed by atoms with Gasteiger partial charge in [-0.3, -0.25) is 9.59 Å².